The Bertz CT molecular complexity index is 747. The molecule has 0 spiro atoms. The molecule has 0 aromatic heterocycles. The summed E-state index contributed by atoms with van der Waals surface area (Å²) in [6, 6.07) is 9.25. The fraction of sp³-hybridized carbons (Fsp3) is 0.222. The zero-order chi connectivity index (χ0) is 18.2. The molecule has 0 radical (unpaired) electrons. The van der Waals surface area contributed by atoms with Crippen LogP contribution < -0.4 is 10.1 Å². The topological polar surface area (TPSA) is 64.6 Å². The lowest BCUT2D eigenvalue weighted by Crippen LogP contribution is -2.21. The summed E-state index contributed by atoms with van der Waals surface area (Å²) in [5.74, 6) is -2.81. The standard InChI is InChI=1S/C18H17F2NO4/c1-2-9-24-14-6-3-12(4-7-14)18(23)25-11-17(22)21-13-5-8-15(19)16(20)10-13/h3-8,10H,2,9,11H2,1H3,(H,21,22). The van der Waals surface area contributed by atoms with Crippen molar-refractivity contribution in [3.05, 3.63) is 59.7 Å². The number of hydrogen-bond acceptors (Lipinski definition) is 4. The largest absolute Gasteiger partial charge is 0.494 e. The molecule has 0 heterocycles. The van der Waals surface area contributed by atoms with Crippen LogP contribution in [0.25, 0.3) is 0 Å². The molecular weight excluding hydrogens is 332 g/mol. The number of carbonyl (C=O) groups is 2. The van der Waals surface area contributed by atoms with Crippen molar-refractivity contribution in [2.45, 2.75) is 13.3 Å². The number of hydrogen-bond donors (Lipinski definition) is 1. The summed E-state index contributed by atoms with van der Waals surface area (Å²) in [7, 11) is 0. The van der Waals surface area contributed by atoms with Gasteiger partial charge >= 0.3 is 5.97 Å². The second kappa shape index (κ2) is 8.77. The van der Waals surface area contributed by atoms with Crippen molar-refractivity contribution in [3.8, 4) is 5.75 Å². The van der Waals surface area contributed by atoms with Gasteiger partial charge in [-0.1, -0.05) is 6.92 Å². The lowest BCUT2D eigenvalue weighted by molar-refractivity contribution is -0.119. The Balaban J connectivity index is 1.84. The summed E-state index contributed by atoms with van der Waals surface area (Å²) in [6.45, 7) is 2.01. The van der Waals surface area contributed by atoms with Gasteiger partial charge in [0.2, 0.25) is 0 Å². The molecule has 25 heavy (non-hydrogen) atoms. The molecule has 132 valence electrons. The van der Waals surface area contributed by atoms with Gasteiger partial charge in [-0.15, -0.1) is 0 Å². The van der Waals surface area contributed by atoms with Crippen molar-refractivity contribution in [3.63, 3.8) is 0 Å². The van der Waals surface area contributed by atoms with Crippen LogP contribution in [0.15, 0.2) is 42.5 Å². The van der Waals surface area contributed by atoms with E-state index in [0.717, 1.165) is 18.6 Å². The molecule has 0 saturated carbocycles. The van der Waals surface area contributed by atoms with Crippen LogP contribution >= 0.6 is 0 Å². The van der Waals surface area contributed by atoms with E-state index in [9.17, 15) is 18.4 Å². The first-order valence-corrected chi connectivity index (χ1v) is 7.64. The Kier molecular flexibility index (Phi) is 6.45. The first kappa shape index (κ1) is 18.4. The smallest absolute Gasteiger partial charge is 0.338 e. The molecule has 0 fully saturated rings. The highest BCUT2D eigenvalue weighted by atomic mass is 19.2. The molecule has 2 rings (SSSR count). The number of carbonyl (C=O) groups excluding carboxylic acids is 2. The maximum Gasteiger partial charge on any atom is 0.338 e. The third kappa shape index (κ3) is 5.56. The molecule has 2 aromatic rings. The van der Waals surface area contributed by atoms with E-state index in [2.05, 4.69) is 5.32 Å². The van der Waals surface area contributed by atoms with Crippen molar-refractivity contribution in [1.29, 1.82) is 0 Å². The Morgan fingerprint density at radius 1 is 1.04 bits per heavy atom. The molecule has 1 amide bonds. The van der Waals surface area contributed by atoms with Gasteiger partial charge in [0.05, 0.1) is 12.2 Å². The van der Waals surface area contributed by atoms with Gasteiger partial charge in [0.25, 0.3) is 5.91 Å². The third-order valence-corrected chi connectivity index (χ3v) is 3.10. The van der Waals surface area contributed by atoms with E-state index < -0.39 is 30.1 Å². The van der Waals surface area contributed by atoms with Crippen molar-refractivity contribution < 1.29 is 27.8 Å². The minimum absolute atomic E-state index is 0.0670. The maximum atomic E-state index is 13.1. The van der Waals surface area contributed by atoms with Gasteiger partial charge in [0, 0.05) is 11.8 Å². The zero-order valence-corrected chi connectivity index (χ0v) is 13.6. The van der Waals surface area contributed by atoms with Crippen molar-refractivity contribution in [2.24, 2.45) is 0 Å². The second-order valence-electron chi connectivity index (χ2n) is 5.13. The summed E-state index contributed by atoms with van der Waals surface area (Å²) < 4.78 is 36.1. The number of benzene rings is 2. The molecule has 2 aromatic carbocycles. The monoisotopic (exact) mass is 349 g/mol. The predicted octanol–water partition coefficient (Wildman–Crippen LogP) is 3.55. The lowest BCUT2D eigenvalue weighted by Gasteiger charge is -2.08. The molecule has 5 nitrogen and oxygen atoms in total. The van der Waals surface area contributed by atoms with Crippen LogP contribution in [0.2, 0.25) is 0 Å². The third-order valence-electron chi connectivity index (χ3n) is 3.10. The van der Waals surface area contributed by atoms with Gasteiger partial charge in [0.15, 0.2) is 18.2 Å². The summed E-state index contributed by atoms with van der Waals surface area (Å²) in [6.07, 6.45) is 0.872. The first-order chi connectivity index (χ1) is 12.0. The van der Waals surface area contributed by atoms with E-state index in [4.69, 9.17) is 9.47 Å². The Labute approximate surface area is 143 Å². The average molecular weight is 349 g/mol. The number of ether oxygens (including phenoxy) is 2. The molecule has 7 heteroatoms. The molecule has 0 unspecified atom stereocenters. The van der Waals surface area contributed by atoms with Crippen LogP contribution in [0.4, 0.5) is 14.5 Å². The van der Waals surface area contributed by atoms with Crippen LogP contribution in [0.3, 0.4) is 0 Å². The zero-order valence-electron chi connectivity index (χ0n) is 13.6. The van der Waals surface area contributed by atoms with Gasteiger partial charge in [-0.2, -0.15) is 0 Å². The fourth-order valence-corrected chi connectivity index (χ4v) is 1.89. The molecule has 0 aliphatic rings. The first-order valence-electron chi connectivity index (χ1n) is 7.64. The molecule has 0 bridgehead atoms. The van der Waals surface area contributed by atoms with Gasteiger partial charge in [-0.05, 0) is 42.8 Å². The van der Waals surface area contributed by atoms with Crippen molar-refractivity contribution in [2.75, 3.05) is 18.5 Å². The Hall–Kier alpha value is -2.96. The van der Waals surface area contributed by atoms with Gasteiger partial charge < -0.3 is 14.8 Å². The second-order valence-corrected chi connectivity index (χ2v) is 5.13. The molecule has 0 atom stereocenters. The number of anilines is 1. The number of halogens is 2. The fourth-order valence-electron chi connectivity index (χ4n) is 1.89. The predicted molar refractivity (Wildman–Crippen MR) is 87.5 cm³/mol. The molecule has 1 N–H and O–H groups in total. The minimum Gasteiger partial charge on any atom is -0.494 e. The molecular formula is C18H17F2NO4. The van der Waals surface area contributed by atoms with E-state index in [1.165, 1.54) is 18.2 Å². The van der Waals surface area contributed by atoms with Crippen molar-refractivity contribution >= 4 is 17.6 Å². The normalized spacial score (nSPS) is 10.2. The van der Waals surface area contributed by atoms with Crippen LogP contribution in [-0.4, -0.2) is 25.1 Å². The molecule has 0 aliphatic carbocycles. The summed E-state index contributed by atoms with van der Waals surface area (Å²) in [5, 5.41) is 2.31. The van der Waals surface area contributed by atoms with Gasteiger partial charge in [-0.3, -0.25) is 4.79 Å². The summed E-state index contributed by atoms with van der Waals surface area (Å²) in [5.41, 5.74) is 0.335. The lowest BCUT2D eigenvalue weighted by atomic mass is 10.2. The van der Waals surface area contributed by atoms with E-state index in [1.54, 1.807) is 12.1 Å². The summed E-state index contributed by atoms with van der Waals surface area (Å²) >= 11 is 0. The van der Waals surface area contributed by atoms with Crippen LogP contribution in [0.5, 0.6) is 5.75 Å². The van der Waals surface area contributed by atoms with Crippen molar-refractivity contribution in [1.82, 2.24) is 0 Å². The maximum absolute atomic E-state index is 13.1. The van der Waals surface area contributed by atoms with E-state index in [-0.39, 0.29) is 11.3 Å². The van der Waals surface area contributed by atoms with Gasteiger partial charge in [-0.25, -0.2) is 13.6 Å². The number of esters is 1. The van der Waals surface area contributed by atoms with Crippen LogP contribution in [0.1, 0.15) is 23.7 Å². The Morgan fingerprint density at radius 3 is 2.40 bits per heavy atom. The van der Waals surface area contributed by atoms with Crippen LogP contribution in [0, 0.1) is 11.6 Å². The Morgan fingerprint density at radius 2 is 1.76 bits per heavy atom. The van der Waals surface area contributed by atoms with E-state index in [1.807, 2.05) is 6.92 Å². The SMILES string of the molecule is CCCOc1ccc(C(=O)OCC(=O)Nc2ccc(F)c(F)c2)cc1. The average Bonchev–Trinajstić information content (AvgIpc) is 2.61. The van der Waals surface area contributed by atoms with E-state index in [0.29, 0.717) is 12.4 Å². The van der Waals surface area contributed by atoms with Gasteiger partial charge in [0.1, 0.15) is 5.75 Å². The molecule has 0 saturated heterocycles. The highest BCUT2D eigenvalue weighted by Gasteiger charge is 2.11. The number of nitrogens with one attached hydrogen (secondary N) is 1. The van der Waals surface area contributed by atoms with Crippen LogP contribution in [-0.2, 0) is 9.53 Å². The highest BCUT2D eigenvalue weighted by molar-refractivity contribution is 5.95. The molecule has 0 aliphatic heterocycles. The van der Waals surface area contributed by atoms with E-state index >= 15 is 0 Å². The number of rotatable bonds is 7. The number of amides is 1. The quantitative estimate of drug-likeness (QED) is 0.777. The highest BCUT2D eigenvalue weighted by Crippen LogP contribution is 2.14. The summed E-state index contributed by atoms with van der Waals surface area (Å²) in [4.78, 5) is 23.6. The minimum atomic E-state index is -1.08.